The molecule has 0 unspecified atom stereocenters. The molecule has 0 aliphatic carbocycles. The Bertz CT molecular complexity index is 68.2. The van der Waals surface area contributed by atoms with E-state index in [1.807, 2.05) is 6.92 Å². The molecular formula is C6H8Y-2. The van der Waals surface area contributed by atoms with E-state index in [9.17, 15) is 0 Å². The van der Waals surface area contributed by atoms with Gasteiger partial charge in [-0.15, -0.1) is 0 Å². The summed E-state index contributed by atoms with van der Waals surface area (Å²) in [6, 6.07) is 0. The summed E-state index contributed by atoms with van der Waals surface area (Å²) in [5.74, 6) is 0. The molecule has 0 amide bonds. The van der Waals surface area contributed by atoms with Crippen molar-refractivity contribution in [1.82, 2.24) is 0 Å². The Hall–Kier alpha value is 0.454. The summed E-state index contributed by atoms with van der Waals surface area (Å²) in [6.45, 7) is 10.5. The van der Waals surface area contributed by atoms with Crippen LogP contribution in [-0.2, 0) is 32.7 Å². The minimum atomic E-state index is 0. The van der Waals surface area contributed by atoms with Gasteiger partial charge in [-0.2, -0.15) is 0 Å². The quantitative estimate of drug-likeness (QED) is 0.414. The molecule has 0 aromatic carbocycles. The predicted octanol–water partition coefficient (Wildman–Crippen LogP) is 1.75. The summed E-state index contributed by atoms with van der Waals surface area (Å²) in [5.41, 5.74) is 0.984. The van der Waals surface area contributed by atoms with Gasteiger partial charge in [-0.3, -0.25) is 6.58 Å². The maximum atomic E-state index is 4.99. The molecule has 1 radical (unpaired) electrons. The van der Waals surface area contributed by atoms with Crippen LogP contribution in [0.1, 0.15) is 6.92 Å². The molecule has 0 aromatic rings. The van der Waals surface area contributed by atoms with Crippen LogP contribution in [0.15, 0.2) is 17.7 Å². The van der Waals surface area contributed by atoms with E-state index < -0.39 is 0 Å². The van der Waals surface area contributed by atoms with Crippen molar-refractivity contribution in [3.8, 4) is 0 Å². The topological polar surface area (TPSA) is 0 Å². The Balaban J connectivity index is 0. The summed E-state index contributed by atoms with van der Waals surface area (Å²) < 4.78 is 0. The zero-order valence-electron chi connectivity index (χ0n) is 4.52. The van der Waals surface area contributed by atoms with E-state index in [0.29, 0.717) is 0 Å². The Morgan fingerprint density at radius 1 is 1.71 bits per heavy atom. The van der Waals surface area contributed by atoms with E-state index in [0.717, 1.165) is 5.57 Å². The van der Waals surface area contributed by atoms with Gasteiger partial charge in [0.2, 0.25) is 0 Å². The van der Waals surface area contributed by atoms with Gasteiger partial charge in [-0.05, 0) is 0 Å². The molecule has 0 rings (SSSR count). The molecule has 0 heterocycles. The zero-order valence-corrected chi connectivity index (χ0v) is 7.35. The minimum absolute atomic E-state index is 0. The fourth-order valence-electron chi connectivity index (χ4n) is 0.164. The van der Waals surface area contributed by atoms with Crippen LogP contribution < -0.4 is 0 Å². The van der Waals surface area contributed by atoms with Gasteiger partial charge >= 0.3 is 0 Å². The van der Waals surface area contributed by atoms with Crippen molar-refractivity contribution in [2.75, 3.05) is 0 Å². The van der Waals surface area contributed by atoms with Gasteiger partial charge in [0.25, 0.3) is 0 Å². The molecule has 0 atom stereocenters. The molecule has 0 spiro atoms. The molecule has 7 heavy (non-hydrogen) atoms. The van der Waals surface area contributed by atoms with Gasteiger partial charge in [0.1, 0.15) is 0 Å². The Kier molecular flexibility index (Phi) is 9.62. The van der Waals surface area contributed by atoms with E-state index in [1.54, 1.807) is 6.08 Å². The number of rotatable bonds is 1. The standard InChI is InChI=1S/C6H8.Y/c1-4-5-6(2)3;/h1,4-5H,2H2,3H3;/q-2;/b6-5+;. The van der Waals surface area contributed by atoms with Gasteiger partial charge in [-0.25, -0.2) is 24.6 Å². The molecule has 0 N–H and O–H groups in total. The first-order valence-corrected chi connectivity index (χ1v) is 1.81. The van der Waals surface area contributed by atoms with Crippen LogP contribution in [0.4, 0.5) is 0 Å². The fourth-order valence-corrected chi connectivity index (χ4v) is 0.164. The molecule has 0 fully saturated rings. The monoisotopic (exact) mass is 169 g/mol. The van der Waals surface area contributed by atoms with Crippen molar-refractivity contribution in [3.05, 3.63) is 31.2 Å². The van der Waals surface area contributed by atoms with Gasteiger partial charge in [0, 0.05) is 32.7 Å². The first-order chi connectivity index (χ1) is 2.77. The van der Waals surface area contributed by atoms with Crippen LogP contribution in [0, 0.1) is 13.5 Å². The molecule has 0 aromatic heterocycles. The normalized spacial score (nSPS) is 9.57. The third-order valence-corrected chi connectivity index (χ3v) is 0.381. The fraction of sp³-hybridized carbons (Fsp3) is 0.167. The summed E-state index contributed by atoms with van der Waals surface area (Å²) >= 11 is 0. The van der Waals surface area contributed by atoms with Crippen molar-refractivity contribution in [3.63, 3.8) is 0 Å². The smallest absolute Gasteiger partial charge is 0 e. The second-order valence-corrected chi connectivity index (χ2v) is 1.21. The second-order valence-electron chi connectivity index (χ2n) is 1.21. The minimum Gasteiger partial charge on any atom is -0.293 e. The zero-order chi connectivity index (χ0) is 4.99. The Morgan fingerprint density at radius 3 is 2.14 bits per heavy atom. The van der Waals surface area contributed by atoms with Crippen LogP contribution in [-0.4, -0.2) is 0 Å². The third kappa shape index (κ3) is 10.7. The van der Waals surface area contributed by atoms with E-state index in [-0.39, 0.29) is 32.7 Å². The first kappa shape index (κ1) is 10.4. The van der Waals surface area contributed by atoms with Crippen LogP contribution in [0.3, 0.4) is 0 Å². The van der Waals surface area contributed by atoms with Crippen molar-refractivity contribution in [2.45, 2.75) is 6.92 Å². The van der Waals surface area contributed by atoms with E-state index in [4.69, 9.17) is 6.58 Å². The SMILES string of the molecule is [CH-]=C/C=C(\[CH2-])C.[Y]. The predicted molar refractivity (Wildman–Crippen MR) is 28.0 cm³/mol. The molecule has 0 saturated heterocycles. The average molecular weight is 169 g/mol. The summed E-state index contributed by atoms with van der Waals surface area (Å²) in [5, 5.41) is 0. The molecule has 0 bridgehead atoms. The van der Waals surface area contributed by atoms with E-state index in [1.165, 1.54) is 6.08 Å². The van der Waals surface area contributed by atoms with Gasteiger partial charge in [0.15, 0.2) is 0 Å². The molecule has 0 aliphatic rings. The van der Waals surface area contributed by atoms with Gasteiger partial charge in [-0.1, -0.05) is 6.92 Å². The van der Waals surface area contributed by atoms with E-state index in [2.05, 4.69) is 6.92 Å². The van der Waals surface area contributed by atoms with Crippen LogP contribution in [0.2, 0.25) is 0 Å². The maximum absolute atomic E-state index is 4.99. The molecule has 0 aliphatic heterocycles. The maximum Gasteiger partial charge on any atom is 0 e. The largest absolute Gasteiger partial charge is 0.293 e. The van der Waals surface area contributed by atoms with Crippen molar-refractivity contribution >= 4 is 0 Å². The van der Waals surface area contributed by atoms with Crippen LogP contribution >= 0.6 is 0 Å². The van der Waals surface area contributed by atoms with Gasteiger partial charge < -0.3 is 0 Å². The summed E-state index contributed by atoms with van der Waals surface area (Å²) in [6.07, 6.45) is 3.22. The molecule has 0 saturated carbocycles. The summed E-state index contributed by atoms with van der Waals surface area (Å²) in [7, 11) is 0. The van der Waals surface area contributed by atoms with Crippen molar-refractivity contribution < 1.29 is 32.7 Å². The Morgan fingerprint density at radius 2 is 2.14 bits per heavy atom. The number of allylic oxidation sites excluding steroid dienone is 3. The van der Waals surface area contributed by atoms with Crippen molar-refractivity contribution in [1.29, 1.82) is 0 Å². The average Bonchev–Trinajstić information content (AvgIpc) is 1.35. The second kappa shape index (κ2) is 6.45. The molecular weight excluding hydrogens is 161 g/mol. The Labute approximate surface area is 70.6 Å². The van der Waals surface area contributed by atoms with Gasteiger partial charge in [0.05, 0.1) is 0 Å². The number of hydrogen-bond acceptors (Lipinski definition) is 0. The van der Waals surface area contributed by atoms with E-state index >= 15 is 0 Å². The number of hydrogen-bond donors (Lipinski definition) is 0. The molecule has 0 nitrogen and oxygen atoms in total. The molecule has 37 valence electrons. The van der Waals surface area contributed by atoms with Crippen LogP contribution in [0.5, 0.6) is 0 Å². The summed E-state index contributed by atoms with van der Waals surface area (Å²) in [4.78, 5) is 0. The first-order valence-electron chi connectivity index (χ1n) is 1.81. The van der Waals surface area contributed by atoms with Crippen molar-refractivity contribution in [2.24, 2.45) is 0 Å². The molecule has 1 heteroatoms. The third-order valence-electron chi connectivity index (χ3n) is 0.381. The van der Waals surface area contributed by atoms with Crippen LogP contribution in [0.25, 0.3) is 0 Å².